The Bertz CT molecular complexity index is 1210. The van der Waals surface area contributed by atoms with Gasteiger partial charge >= 0.3 is 0 Å². The van der Waals surface area contributed by atoms with Gasteiger partial charge in [0.1, 0.15) is 11.2 Å². The molecule has 5 rings (SSSR count). The number of fused-ring (bicyclic) bond motifs is 4. The van der Waals surface area contributed by atoms with E-state index in [1.807, 2.05) is 30.3 Å². The second kappa shape index (κ2) is 6.56. The summed E-state index contributed by atoms with van der Waals surface area (Å²) in [5, 5.41) is 9.40. The minimum absolute atomic E-state index is 0.567. The Balaban J connectivity index is 1.40. The van der Waals surface area contributed by atoms with Crippen molar-refractivity contribution in [1.29, 1.82) is 0 Å². The molecule has 0 saturated carbocycles. The van der Waals surface area contributed by atoms with Gasteiger partial charge in [-0.3, -0.25) is 0 Å². The molecule has 132 valence electrons. The van der Waals surface area contributed by atoms with E-state index < -0.39 is 0 Å². The summed E-state index contributed by atoms with van der Waals surface area (Å²) in [5.41, 5.74) is 6.26. The van der Waals surface area contributed by atoms with Gasteiger partial charge in [0, 0.05) is 33.8 Å². The highest BCUT2D eigenvalue weighted by atomic mass is 32.1. The van der Waals surface area contributed by atoms with Crippen LogP contribution in [0, 0.1) is 0 Å². The number of rotatable bonds is 2. The van der Waals surface area contributed by atoms with Gasteiger partial charge in [-0.1, -0.05) is 42.5 Å². The molecule has 1 aromatic heterocycles. The molecule has 1 aliphatic carbocycles. The van der Waals surface area contributed by atoms with Crippen LogP contribution in [0.15, 0.2) is 71.2 Å². The van der Waals surface area contributed by atoms with Crippen LogP contribution >= 0.6 is 12.2 Å². The Morgan fingerprint density at radius 1 is 0.889 bits per heavy atom. The molecule has 1 aliphatic rings. The number of benzene rings is 3. The third-order valence-corrected chi connectivity index (χ3v) is 5.15. The first-order valence-electron chi connectivity index (χ1n) is 9.06. The minimum atomic E-state index is 0.567. The molecule has 4 heteroatoms. The second-order valence-corrected chi connectivity index (χ2v) is 7.12. The van der Waals surface area contributed by atoms with Gasteiger partial charge < -0.3 is 15.1 Å². The van der Waals surface area contributed by atoms with Gasteiger partial charge in [-0.25, -0.2) is 0 Å². The zero-order valence-electron chi connectivity index (χ0n) is 14.7. The molecule has 1 heterocycles. The number of anilines is 2. The first kappa shape index (κ1) is 16.1. The molecule has 0 fully saturated rings. The van der Waals surface area contributed by atoms with Gasteiger partial charge in [0.15, 0.2) is 5.11 Å². The lowest BCUT2D eigenvalue weighted by molar-refractivity contribution is 0.669. The summed E-state index contributed by atoms with van der Waals surface area (Å²) in [6.45, 7) is 0. The van der Waals surface area contributed by atoms with Gasteiger partial charge in [0.05, 0.1) is 0 Å². The first-order chi connectivity index (χ1) is 13.3. The SMILES string of the molecule is S=C(Nc1ccc2c(c1)oc1ccccc12)Nc1cccc2c1C=CCC2. The van der Waals surface area contributed by atoms with E-state index in [0.717, 1.165) is 46.2 Å². The van der Waals surface area contributed by atoms with Crippen molar-refractivity contribution in [2.75, 3.05) is 10.6 Å². The van der Waals surface area contributed by atoms with E-state index in [1.165, 1.54) is 11.1 Å². The molecule has 0 saturated heterocycles. The Hall–Kier alpha value is -3.11. The molecule has 3 aromatic carbocycles. The van der Waals surface area contributed by atoms with Crippen molar-refractivity contribution in [2.45, 2.75) is 12.8 Å². The van der Waals surface area contributed by atoms with Gasteiger partial charge in [-0.15, -0.1) is 0 Å². The highest BCUT2D eigenvalue weighted by Gasteiger charge is 2.11. The summed E-state index contributed by atoms with van der Waals surface area (Å²) in [6, 6.07) is 20.5. The highest BCUT2D eigenvalue weighted by Crippen LogP contribution is 2.31. The number of para-hydroxylation sites is 1. The number of hydrogen-bond acceptors (Lipinski definition) is 2. The van der Waals surface area contributed by atoms with Gasteiger partial charge in [-0.05, 0) is 54.9 Å². The van der Waals surface area contributed by atoms with Gasteiger partial charge in [-0.2, -0.15) is 0 Å². The molecule has 3 nitrogen and oxygen atoms in total. The van der Waals surface area contributed by atoms with E-state index in [4.69, 9.17) is 16.6 Å². The summed E-state index contributed by atoms with van der Waals surface area (Å²) in [7, 11) is 0. The fourth-order valence-electron chi connectivity index (χ4n) is 3.67. The fraction of sp³-hybridized carbons (Fsp3) is 0.0870. The molecule has 27 heavy (non-hydrogen) atoms. The largest absolute Gasteiger partial charge is 0.456 e. The van der Waals surface area contributed by atoms with Crippen molar-refractivity contribution in [3.05, 3.63) is 77.9 Å². The van der Waals surface area contributed by atoms with Crippen LogP contribution in [0.3, 0.4) is 0 Å². The summed E-state index contributed by atoms with van der Waals surface area (Å²) in [4.78, 5) is 0. The Morgan fingerprint density at radius 2 is 1.78 bits per heavy atom. The molecule has 0 spiro atoms. The number of aryl methyl sites for hydroxylation is 1. The number of furan rings is 1. The molecule has 2 N–H and O–H groups in total. The molecule has 4 aromatic rings. The Labute approximate surface area is 162 Å². The monoisotopic (exact) mass is 370 g/mol. The highest BCUT2D eigenvalue weighted by molar-refractivity contribution is 7.80. The molecular formula is C23H18N2OS. The zero-order chi connectivity index (χ0) is 18.2. The molecule has 0 bridgehead atoms. The lowest BCUT2D eigenvalue weighted by Crippen LogP contribution is -2.20. The van der Waals surface area contributed by atoms with Crippen molar-refractivity contribution >= 4 is 56.7 Å². The standard InChI is InChI=1S/C23H18N2OS/c27-23(25-20-10-5-7-15-6-1-2-8-17(15)20)24-16-12-13-19-18-9-3-4-11-21(18)26-22(19)14-16/h2-5,7-14H,1,6H2,(H2,24,25,27). The van der Waals surface area contributed by atoms with E-state index in [1.54, 1.807) is 0 Å². The smallest absolute Gasteiger partial charge is 0.175 e. The van der Waals surface area contributed by atoms with E-state index >= 15 is 0 Å². The number of thiocarbonyl (C=S) groups is 1. The lowest BCUT2D eigenvalue weighted by atomic mass is 9.96. The average Bonchev–Trinajstić information content (AvgIpc) is 3.06. The van der Waals surface area contributed by atoms with Gasteiger partial charge in [0.2, 0.25) is 0 Å². The predicted octanol–water partition coefficient (Wildman–Crippen LogP) is 6.35. The van der Waals surface area contributed by atoms with E-state index in [0.29, 0.717) is 5.11 Å². The van der Waals surface area contributed by atoms with Crippen LogP contribution in [0.5, 0.6) is 0 Å². The fourth-order valence-corrected chi connectivity index (χ4v) is 3.89. The number of nitrogens with one attached hydrogen (secondary N) is 2. The van der Waals surface area contributed by atoms with E-state index in [-0.39, 0.29) is 0 Å². The van der Waals surface area contributed by atoms with Crippen molar-refractivity contribution in [1.82, 2.24) is 0 Å². The minimum Gasteiger partial charge on any atom is -0.456 e. The Morgan fingerprint density at radius 3 is 2.74 bits per heavy atom. The maximum absolute atomic E-state index is 5.95. The summed E-state index contributed by atoms with van der Waals surface area (Å²) in [6.07, 6.45) is 6.55. The van der Waals surface area contributed by atoms with Gasteiger partial charge in [0.25, 0.3) is 0 Å². The van der Waals surface area contributed by atoms with Crippen LogP contribution in [0.2, 0.25) is 0 Å². The maximum atomic E-state index is 5.95. The van der Waals surface area contributed by atoms with E-state index in [2.05, 4.69) is 53.1 Å². The normalized spacial score (nSPS) is 12.9. The van der Waals surface area contributed by atoms with Crippen LogP contribution in [0.1, 0.15) is 17.5 Å². The molecule has 0 unspecified atom stereocenters. The van der Waals surface area contributed by atoms with Crippen molar-refractivity contribution in [2.24, 2.45) is 0 Å². The number of hydrogen-bond donors (Lipinski definition) is 2. The number of allylic oxidation sites excluding steroid dienone is 1. The third kappa shape index (κ3) is 2.98. The summed E-state index contributed by atoms with van der Waals surface area (Å²) >= 11 is 5.53. The summed E-state index contributed by atoms with van der Waals surface area (Å²) in [5.74, 6) is 0. The molecular weight excluding hydrogens is 352 g/mol. The van der Waals surface area contributed by atoms with Crippen molar-refractivity contribution in [3.8, 4) is 0 Å². The van der Waals surface area contributed by atoms with Crippen LogP contribution in [0.4, 0.5) is 11.4 Å². The average molecular weight is 370 g/mol. The van der Waals surface area contributed by atoms with Crippen LogP contribution < -0.4 is 10.6 Å². The quantitative estimate of drug-likeness (QED) is 0.403. The van der Waals surface area contributed by atoms with Crippen LogP contribution in [-0.4, -0.2) is 5.11 Å². The first-order valence-corrected chi connectivity index (χ1v) is 9.46. The molecule has 0 amide bonds. The summed E-state index contributed by atoms with van der Waals surface area (Å²) < 4.78 is 5.95. The molecule has 0 aliphatic heterocycles. The molecule has 0 radical (unpaired) electrons. The topological polar surface area (TPSA) is 37.2 Å². The van der Waals surface area contributed by atoms with Crippen LogP contribution in [0.25, 0.3) is 28.0 Å². The zero-order valence-corrected chi connectivity index (χ0v) is 15.5. The maximum Gasteiger partial charge on any atom is 0.175 e. The lowest BCUT2D eigenvalue weighted by Gasteiger charge is -2.17. The second-order valence-electron chi connectivity index (χ2n) is 6.71. The van der Waals surface area contributed by atoms with Crippen molar-refractivity contribution in [3.63, 3.8) is 0 Å². The van der Waals surface area contributed by atoms with Crippen LogP contribution in [-0.2, 0) is 6.42 Å². The predicted molar refractivity (Wildman–Crippen MR) is 117 cm³/mol. The van der Waals surface area contributed by atoms with Crippen molar-refractivity contribution < 1.29 is 4.42 Å². The Kier molecular flexibility index (Phi) is 3.91. The molecule has 0 atom stereocenters. The van der Waals surface area contributed by atoms with E-state index in [9.17, 15) is 0 Å². The third-order valence-electron chi connectivity index (χ3n) is 4.95.